The number of esters is 1. The molecule has 9 nitrogen and oxygen atoms in total. The number of ether oxygens (including phenoxy) is 1. The Morgan fingerprint density at radius 2 is 1.70 bits per heavy atom. The Morgan fingerprint density at radius 1 is 1.00 bits per heavy atom. The van der Waals surface area contributed by atoms with E-state index in [-0.39, 0.29) is 24.4 Å². The molecule has 1 fully saturated rings. The van der Waals surface area contributed by atoms with Gasteiger partial charge in [0.2, 0.25) is 16.0 Å². The average Bonchev–Trinajstić information content (AvgIpc) is 2.93. The zero-order chi connectivity index (χ0) is 26.0. The molecule has 2 aromatic carbocycles. The molecule has 3 heterocycles. The molecule has 11 heteroatoms. The van der Waals surface area contributed by atoms with Gasteiger partial charge in [-0.05, 0) is 52.7 Å². The van der Waals surface area contributed by atoms with Gasteiger partial charge in [0.1, 0.15) is 0 Å². The first-order valence-corrected chi connectivity index (χ1v) is 13.4. The van der Waals surface area contributed by atoms with Gasteiger partial charge in [-0.2, -0.15) is 4.31 Å². The van der Waals surface area contributed by atoms with Gasteiger partial charge in [-0.25, -0.2) is 18.4 Å². The van der Waals surface area contributed by atoms with Crippen LogP contribution < -0.4 is 4.90 Å². The van der Waals surface area contributed by atoms with Crippen molar-refractivity contribution in [2.75, 3.05) is 31.6 Å². The predicted molar refractivity (Wildman–Crippen MR) is 141 cm³/mol. The Kier molecular flexibility index (Phi) is 7.05. The fourth-order valence-corrected chi connectivity index (χ4v) is 6.11. The van der Waals surface area contributed by atoms with E-state index in [1.54, 1.807) is 61.2 Å². The van der Waals surface area contributed by atoms with Crippen molar-refractivity contribution in [3.8, 4) is 11.1 Å². The molecule has 37 heavy (non-hydrogen) atoms. The van der Waals surface area contributed by atoms with E-state index < -0.39 is 22.0 Å². The molecule has 1 saturated heterocycles. The Balaban J connectivity index is 1.40. The number of hydrogen-bond donors (Lipinski definition) is 0. The maximum Gasteiger partial charge on any atom is 0.307 e. The van der Waals surface area contributed by atoms with Crippen LogP contribution in [-0.2, 0) is 19.6 Å². The minimum absolute atomic E-state index is 0.00575. The molecule has 0 saturated carbocycles. The molecule has 1 atom stereocenters. The summed E-state index contributed by atoms with van der Waals surface area (Å²) in [6, 6.07) is 13.5. The summed E-state index contributed by atoms with van der Waals surface area (Å²) >= 11 is 6.06. The molecule has 2 aromatic heterocycles. The first kappa shape index (κ1) is 25.1. The first-order valence-electron chi connectivity index (χ1n) is 11.6. The summed E-state index contributed by atoms with van der Waals surface area (Å²) in [7, 11) is -2.50. The average molecular weight is 538 g/mol. The molecule has 5 rings (SSSR count). The largest absolute Gasteiger partial charge is 0.469 e. The molecule has 1 unspecified atom stereocenters. The summed E-state index contributed by atoms with van der Waals surface area (Å²) in [4.78, 5) is 27.3. The minimum Gasteiger partial charge on any atom is -0.469 e. The number of carbonyl (C=O) groups excluding carboxylic acids is 1. The van der Waals surface area contributed by atoms with Crippen molar-refractivity contribution in [1.82, 2.24) is 19.3 Å². The number of fused-ring (bicyclic) bond motifs is 1. The lowest BCUT2D eigenvalue weighted by molar-refractivity contribution is -0.141. The Bertz CT molecular complexity index is 1530. The lowest BCUT2D eigenvalue weighted by atomic mass is 10.1. The normalized spacial score (nSPS) is 16.6. The maximum absolute atomic E-state index is 13.6. The van der Waals surface area contributed by atoms with Gasteiger partial charge in [-0.15, -0.1) is 0 Å². The van der Waals surface area contributed by atoms with Crippen molar-refractivity contribution < 1.29 is 17.9 Å². The van der Waals surface area contributed by atoms with Gasteiger partial charge < -0.3 is 9.64 Å². The van der Waals surface area contributed by atoms with Crippen molar-refractivity contribution in [3.63, 3.8) is 0 Å². The van der Waals surface area contributed by atoms with Crippen LogP contribution >= 0.6 is 11.6 Å². The molecule has 0 radical (unpaired) electrons. The van der Waals surface area contributed by atoms with E-state index in [2.05, 4.69) is 15.0 Å². The number of sulfonamides is 1. The van der Waals surface area contributed by atoms with Crippen LogP contribution in [0.2, 0.25) is 5.02 Å². The van der Waals surface area contributed by atoms with E-state index in [9.17, 15) is 13.2 Å². The van der Waals surface area contributed by atoms with Crippen LogP contribution in [0.15, 0.2) is 78.2 Å². The molecule has 4 aromatic rings. The van der Waals surface area contributed by atoms with E-state index >= 15 is 0 Å². The molecular formula is C26H24ClN5O4S. The van der Waals surface area contributed by atoms with Crippen molar-refractivity contribution in [1.29, 1.82) is 0 Å². The summed E-state index contributed by atoms with van der Waals surface area (Å²) in [5.74, 6) is -0.0171. The number of aromatic nitrogens is 3. The zero-order valence-electron chi connectivity index (χ0n) is 20.0. The number of pyridine rings is 1. The van der Waals surface area contributed by atoms with Crippen molar-refractivity contribution in [3.05, 3.63) is 78.3 Å². The first-order chi connectivity index (χ1) is 17.8. The number of carbonyl (C=O) groups is 1. The monoisotopic (exact) mass is 537 g/mol. The number of nitrogens with zero attached hydrogens (tertiary/aromatic N) is 5. The highest BCUT2D eigenvalue weighted by molar-refractivity contribution is 7.89. The maximum atomic E-state index is 13.6. The molecular weight excluding hydrogens is 514 g/mol. The number of rotatable bonds is 6. The Morgan fingerprint density at radius 3 is 2.43 bits per heavy atom. The van der Waals surface area contributed by atoms with Gasteiger partial charge in [0.15, 0.2) is 0 Å². The van der Waals surface area contributed by atoms with Crippen LogP contribution in [0.1, 0.15) is 6.42 Å². The third-order valence-corrected chi connectivity index (χ3v) is 8.49. The number of benzene rings is 2. The van der Waals surface area contributed by atoms with Gasteiger partial charge in [-0.1, -0.05) is 23.7 Å². The van der Waals surface area contributed by atoms with Crippen LogP contribution in [0.4, 0.5) is 5.95 Å². The van der Waals surface area contributed by atoms with Crippen molar-refractivity contribution in [2.45, 2.75) is 17.4 Å². The highest BCUT2D eigenvalue weighted by Crippen LogP contribution is 2.28. The summed E-state index contributed by atoms with van der Waals surface area (Å²) < 4.78 is 33.4. The summed E-state index contributed by atoms with van der Waals surface area (Å²) in [5, 5.41) is 2.21. The van der Waals surface area contributed by atoms with Gasteiger partial charge >= 0.3 is 5.97 Å². The van der Waals surface area contributed by atoms with Gasteiger partial charge in [-0.3, -0.25) is 9.78 Å². The number of halogens is 1. The second kappa shape index (κ2) is 10.4. The van der Waals surface area contributed by atoms with Crippen molar-refractivity contribution in [2.24, 2.45) is 0 Å². The fourth-order valence-electron chi connectivity index (χ4n) is 4.43. The summed E-state index contributed by atoms with van der Waals surface area (Å²) in [5.41, 5.74) is 1.76. The quantitative estimate of drug-likeness (QED) is 0.342. The topological polar surface area (TPSA) is 106 Å². The van der Waals surface area contributed by atoms with Crippen LogP contribution in [-0.4, -0.2) is 66.4 Å². The van der Waals surface area contributed by atoms with Gasteiger partial charge in [0.25, 0.3) is 0 Å². The SMILES string of the molecule is COC(=O)CC1CN(S(=O)(=O)c2ccc3cc(Cl)ccc3c2)CCN1c1ncc(-c2ccncc2)cn1. The molecule has 190 valence electrons. The molecule has 0 bridgehead atoms. The van der Waals surface area contributed by atoms with E-state index in [0.717, 1.165) is 21.9 Å². The zero-order valence-corrected chi connectivity index (χ0v) is 21.6. The number of methoxy groups -OCH3 is 1. The second-order valence-electron chi connectivity index (χ2n) is 8.65. The number of anilines is 1. The third kappa shape index (κ3) is 5.27. The standard InChI is InChI=1S/C26H24ClN5O4S/c1-36-25(33)14-23-17-31(37(34,35)24-5-3-19-12-22(27)4-2-20(19)13-24)10-11-32(23)26-29-15-21(16-30-26)18-6-8-28-9-7-18/h2-9,12-13,15-16,23H,10-11,14,17H2,1H3. The molecule has 0 aliphatic carbocycles. The molecule has 1 aliphatic rings. The van der Waals surface area contributed by atoms with Crippen LogP contribution in [0.25, 0.3) is 21.9 Å². The van der Waals surface area contributed by atoms with E-state index in [1.165, 1.54) is 11.4 Å². The van der Waals surface area contributed by atoms with Crippen molar-refractivity contribution >= 4 is 44.3 Å². The lowest BCUT2D eigenvalue weighted by Crippen LogP contribution is -2.56. The Labute approximate surface area is 219 Å². The fraction of sp³-hybridized carbons (Fsp3) is 0.231. The van der Waals surface area contributed by atoms with Crippen LogP contribution in [0, 0.1) is 0 Å². The summed E-state index contributed by atoms with van der Waals surface area (Å²) in [6.07, 6.45) is 6.79. The van der Waals surface area contributed by atoms with Crippen LogP contribution in [0.5, 0.6) is 0 Å². The minimum atomic E-state index is -3.81. The smallest absolute Gasteiger partial charge is 0.307 e. The van der Waals surface area contributed by atoms with E-state index in [0.29, 0.717) is 17.5 Å². The molecule has 1 aliphatic heterocycles. The Hall–Kier alpha value is -3.60. The molecule has 0 spiro atoms. The van der Waals surface area contributed by atoms with Gasteiger partial charge in [0.05, 0.1) is 24.5 Å². The van der Waals surface area contributed by atoms with Gasteiger partial charge in [0, 0.05) is 55.0 Å². The molecule has 0 N–H and O–H groups in total. The predicted octanol–water partition coefficient (Wildman–Crippen LogP) is 3.79. The molecule has 0 amide bonds. The third-order valence-electron chi connectivity index (χ3n) is 6.40. The van der Waals surface area contributed by atoms with E-state index in [4.69, 9.17) is 16.3 Å². The second-order valence-corrected chi connectivity index (χ2v) is 11.0. The summed E-state index contributed by atoms with van der Waals surface area (Å²) in [6.45, 7) is 0.623. The highest BCUT2D eigenvalue weighted by atomic mass is 35.5. The lowest BCUT2D eigenvalue weighted by Gasteiger charge is -2.40. The van der Waals surface area contributed by atoms with Crippen LogP contribution in [0.3, 0.4) is 0 Å². The number of piperazine rings is 1. The van der Waals surface area contributed by atoms with E-state index in [1.807, 2.05) is 17.0 Å². The highest BCUT2D eigenvalue weighted by Gasteiger charge is 2.36. The number of hydrogen-bond acceptors (Lipinski definition) is 8.